The van der Waals surface area contributed by atoms with E-state index in [1.807, 2.05) is 0 Å². The summed E-state index contributed by atoms with van der Waals surface area (Å²) in [5.41, 5.74) is 1.26. The number of benzene rings is 2. The third-order valence-corrected chi connectivity index (χ3v) is 3.84. The van der Waals surface area contributed by atoms with Gasteiger partial charge in [0.2, 0.25) is 0 Å². The molecule has 0 aliphatic heterocycles. The predicted octanol–water partition coefficient (Wildman–Crippen LogP) is 5.67. The molecule has 2 aromatic carbocycles. The molecule has 0 fully saturated rings. The van der Waals surface area contributed by atoms with Gasteiger partial charge < -0.3 is 5.11 Å². The second-order valence-electron chi connectivity index (χ2n) is 3.75. The first-order valence-corrected chi connectivity index (χ1v) is 6.59. The molecule has 2 aromatic rings. The minimum atomic E-state index is -1.09. The van der Waals surface area contributed by atoms with E-state index in [1.54, 1.807) is 12.1 Å². The molecule has 2 nitrogen and oxygen atoms in total. The zero-order valence-electron chi connectivity index (χ0n) is 9.25. The van der Waals surface area contributed by atoms with Crippen LogP contribution in [0.2, 0.25) is 20.1 Å². The molecule has 0 aliphatic carbocycles. The van der Waals surface area contributed by atoms with Gasteiger partial charge in [0.05, 0.1) is 20.6 Å². The maximum Gasteiger partial charge on any atom is 0.337 e. The van der Waals surface area contributed by atoms with Crippen LogP contribution in [0.25, 0.3) is 11.1 Å². The molecule has 0 saturated carbocycles. The molecule has 0 saturated heterocycles. The Kier molecular flexibility index (Phi) is 4.26. The third kappa shape index (κ3) is 2.98. The van der Waals surface area contributed by atoms with Gasteiger partial charge in [-0.1, -0.05) is 52.5 Å². The smallest absolute Gasteiger partial charge is 0.337 e. The quantitative estimate of drug-likeness (QED) is 0.718. The summed E-state index contributed by atoms with van der Waals surface area (Å²) in [5, 5.41) is 10.1. The van der Waals surface area contributed by atoms with Crippen LogP contribution in [0.4, 0.5) is 0 Å². The summed E-state index contributed by atoms with van der Waals surface area (Å²) in [6.45, 7) is 0. The Morgan fingerprint density at radius 3 is 2.21 bits per heavy atom. The number of halogens is 4. The first-order chi connectivity index (χ1) is 8.90. The fraction of sp³-hybridized carbons (Fsp3) is 0. The summed E-state index contributed by atoms with van der Waals surface area (Å²) in [4.78, 5) is 10.9. The lowest BCUT2D eigenvalue weighted by atomic mass is 10.0. The highest BCUT2D eigenvalue weighted by Gasteiger charge is 2.13. The number of aromatic carboxylic acids is 1. The van der Waals surface area contributed by atoms with E-state index in [9.17, 15) is 4.79 Å². The van der Waals surface area contributed by atoms with Gasteiger partial charge in [-0.15, -0.1) is 0 Å². The zero-order chi connectivity index (χ0) is 14.2. The van der Waals surface area contributed by atoms with Crippen molar-refractivity contribution >= 4 is 52.4 Å². The van der Waals surface area contributed by atoms with Gasteiger partial charge in [0, 0.05) is 10.6 Å². The Bertz CT molecular complexity index is 668. The summed E-state index contributed by atoms with van der Waals surface area (Å²) in [7, 11) is 0. The molecule has 0 aromatic heterocycles. The molecule has 2 rings (SSSR count). The van der Waals surface area contributed by atoms with Crippen molar-refractivity contribution in [2.45, 2.75) is 0 Å². The van der Waals surface area contributed by atoms with Crippen LogP contribution in [0.1, 0.15) is 10.4 Å². The van der Waals surface area contributed by atoms with Crippen LogP contribution in [-0.2, 0) is 0 Å². The monoisotopic (exact) mass is 334 g/mol. The maximum atomic E-state index is 10.9. The molecule has 0 heterocycles. The van der Waals surface area contributed by atoms with Crippen LogP contribution in [0.3, 0.4) is 0 Å². The van der Waals surface area contributed by atoms with Crippen molar-refractivity contribution < 1.29 is 9.90 Å². The average molecular weight is 336 g/mol. The van der Waals surface area contributed by atoms with E-state index in [0.717, 1.165) is 0 Å². The van der Waals surface area contributed by atoms with Crippen LogP contribution in [0.5, 0.6) is 0 Å². The SMILES string of the molecule is O=C(O)c1ccc(-c2cc(Cl)cc(Cl)c2Cl)cc1Cl. The second-order valence-corrected chi connectivity index (χ2v) is 5.38. The molecule has 1 N–H and O–H groups in total. The number of rotatable bonds is 2. The summed E-state index contributed by atoms with van der Waals surface area (Å²) in [5.74, 6) is -1.09. The fourth-order valence-corrected chi connectivity index (χ4v) is 2.60. The number of carbonyl (C=O) groups is 1. The Morgan fingerprint density at radius 1 is 0.947 bits per heavy atom. The maximum absolute atomic E-state index is 10.9. The highest BCUT2D eigenvalue weighted by Crippen LogP contribution is 2.37. The highest BCUT2D eigenvalue weighted by atomic mass is 35.5. The van der Waals surface area contributed by atoms with Crippen molar-refractivity contribution in [3.63, 3.8) is 0 Å². The van der Waals surface area contributed by atoms with E-state index in [0.29, 0.717) is 26.2 Å². The number of hydrogen-bond donors (Lipinski definition) is 1. The van der Waals surface area contributed by atoms with E-state index in [1.165, 1.54) is 18.2 Å². The minimum absolute atomic E-state index is 0.0228. The van der Waals surface area contributed by atoms with E-state index in [4.69, 9.17) is 51.5 Å². The third-order valence-electron chi connectivity index (χ3n) is 2.50. The van der Waals surface area contributed by atoms with Crippen LogP contribution in [0.15, 0.2) is 30.3 Å². The fourth-order valence-electron chi connectivity index (χ4n) is 1.62. The molecular formula is C13H6Cl4O2. The molecule has 0 radical (unpaired) electrons. The van der Waals surface area contributed by atoms with Crippen molar-refractivity contribution in [2.75, 3.05) is 0 Å². The Morgan fingerprint density at radius 2 is 1.63 bits per heavy atom. The lowest BCUT2D eigenvalue weighted by molar-refractivity contribution is 0.0697. The van der Waals surface area contributed by atoms with Crippen molar-refractivity contribution in [3.8, 4) is 11.1 Å². The van der Waals surface area contributed by atoms with Crippen LogP contribution < -0.4 is 0 Å². The van der Waals surface area contributed by atoms with Crippen molar-refractivity contribution in [3.05, 3.63) is 56.0 Å². The molecule has 19 heavy (non-hydrogen) atoms. The van der Waals surface area contributed by atoms with Gasteiger partial charge in [-0.2, -0.15) is 0 Å². The summed E-state index contributed by atoms with van der Waals surface area (Å²) in [6.07, 6.45) is 0. The van der Waals surface area contributed by atoms with Gasteiger partial charge in [-0.25, -0.2) is 4.79 Å². The first-order valence-electron chi connectivity index (χ1n) is 5.08. The topological polar surface area (TPSA) is 37.3 Å². The van der Waals surface area contributed by atoms with Gasteiger partial charge in [0.15, 0.2) is 0 Å². The van der Waals surface area contributed by atoms with Crippen molar-refractivity contribution in [1.82, 2.24) is 0 Å². The Balaban J connectivity index is 2.60. The standard InChI is InChI=1S/C13H6Cl4O2/c14-7-4-9(12(17)11(16)5-7)6-1-2-8(13(18)19)10(15)3-6/h1-5H,(H,18,19). The minimum Gasteiger partial charge on any atom is -0.478 e. The van der Waals surface area contributed by atoms with Gasteiger partial charge in [-0.05, 0) is 29.8 Å². The molecule has 0 unspecified atom stereocenters. The van der Waals surface area contributed by atoms with Gasteiger partial charge in [-0.3, -0.25) is 0 Å². The lowest BCUT2D eigenvalue weighted by Crippen LogP contribution is -1.97. The predicted molar refractivity (Wildman–Crippen MR) is 78.9 cm³/mol. The molecule has 0 bridgehead atoms. The molecular weight excluding hydrogens is 330 g/mol. The van der Waals surface area contributed by atoms with Crippen LogP contribution in [0, 0.1) is 0 Å². The normalized spacial score (nSPS) is 10.5. The average Bonchev–Trinajstić information content (AvgIpc) is 2.33. The summed E-state index contributed by atoms with van der Waals surface area (Å²) < 4.78 is 0. The zero-order valence-corrected chi connectivity index (χ0v) is 12.3. The van der Waals surface area contributed by atoms with Crippen molar-refractivity contribution in [2.24, 2.45) is 0 Å². The second kappa shape index (κ2) is 5.59. The van der Waals surface area contributed by atoms with E-state index < -0.39 is 5.97 Å². The molecule has 0 amide bonds. The number of hydrogen-bond acceptors (Lipinski definition) is 1. The van der Waals surface area contributed by atoms with E-state index >= 15 is 0 Å². The van der Waals surface area contributed by atoms with Crippen LogP contribution in [-0.4, -0.2) is 11.1 Å². The molecule has 0 spiro atoms. The van der Waals surface area contributed by atoms with Gasteiger partial charge in [0.25, 0.3) is 0 Å². The summed E-state index contributed by atoms with van der Waals surface area (Å²) >= 11 is 23.9. The van der Waals surface area contributed by atoms with Gasteiger partial charge in [0.1, 0.15) is 0 Å². The van der Waals surface area contributed by atoms with Gasteiger partial charge >= 0.3 is 5.97 Å². The number of carboxylic acid groups (broad SMARTS) is 1. The first kappa shape index (κ1) is 14.5. The molecule has 0 atom stereocenters. The molecule has 0 aliphatic rings. The number of carboxylic acids is 1. The largest absolute Gasteiger partial charge is 0.478 e. The van der Waals surface area contributed by atoms with E-state index in [2.05, 4.69) is 0 Å². The molecule has 6 heteroatoms. The summed E-state index contributed by atoms with van der Waals surface area (Å²) in [6, 6.07) is 7.69. The lowest BCUT2D eigenvalue weighted by Gasteiger charge is -2.09. The Labute approximate surface area is 129 Å². The van der Waals surface area contributed by atoms with E-state index in [-0.39, 0.29) is 10.6 Å². The van der Waals surface area contributed by atoms with Crippen molar-refractivity contribution in [1.29, 1.82) is 0 Å². The molecule has 98 valence electrons. The Hall–Kier alpha value is -0.930. The highest BCUT2D eigenvalue weighted by molar-refractivity contribution is 6.45. The van der Waals surface area contributed by atoms with Crippen LogP contribution >= 0.6 is 46.4 Å².